The highest BCUT2D eigenvalue weighted by Gasteiger charge is 2.15. The number of benzene rings is 4. The molecule has 21 nitrogen and oxygen atoms in total. The molecule has 0 amide bonds. The molecular formula is C61H45ClN18O3S4. The van der Waals surface area contributed by atoms with Crippen molar-refractivity contribution in [1.82, 2.24) is 69.9 Å². The highest BCUT2D eigenvalue weighted by molar-refractivity contribution is 7.13. The number of H-pyrrole nitrogens is 1. The fourth-order valence-corrected chi connectivity index (χ4v) is 10.5. The van der Waals surface area contributed by atoms with Gasteiger partial charge in [-0.05, 0) is 41.0 Å². The zero-order valence-electron chi connectivity index (χ0n) is 45.4. The van der Waals surface area contributed by atoms with Gasteiger partial charge in [0.05, 0.1) is 29.4 Å². The van der Waals surface area contributed by atoms with Crippen LogP contribution in [0.15, 0.2) is 202 Å². The first-order valence-electron chi connectivity index (χ1n) is 25.8. The second-order valence-electron chi connectivity index (χ2n) is 17.6. The number of aromatic nitrogens is 14. The third-order valence-electron chi connectivity index (χ3n) is 11.9. The van der Waals surface area contributed by atoms with Crippen molar-refractivity contribution in [3.63, 3.8) is 0 Å². The molecule has 0 radical (unpaired) electrons. The number of aromatic amines is 1. The molecule has 5 N–H and O–H groups in total. The van der Waals surface area contributed by atoms with Crippen molar-refractivity contribution in [2.75, 3.05) is 12.3 Å². The number of nitrogens with one attached hydrogen (secondary N) is 2. The van der Waals surface area contributed by atoms with E-state index in [1.54, 1.807) is 101 Å². The zero-order valence-corrected chi connectivity index (χ0v) is 49.4. The number of hydrogen-bond donors (Lipinski definition) is 4. The first-order valence-corrected chi connectivity index (χ1v) is 29.7. The smallest absolute Gasteiger partial charge is 0.399 e. The molecule has 4 aromatic carbocycles. The SMILES string of the molecule is N#Cc1nccnc1Cc1ccc(-c2nccs2)cc1.N#Cc1nccnc1Cl.N=C(CO)c1nccnc1Cc1ccc(-c2nccs2)cc1.Nc1ccc(-c2nccs2)cc1.O=c1[nH]c(-c2nccnc2Cc2ccc(-c3nccs3)cc2)no1. The van der Waals surface area contributed by atoms with Crippen LogP contribution < -0.4 is 11.5 Å². The molecule has 0 unspecified atom stereocenters. The van der Waals surface area contributed by atoms with Crippen molar-refractivity contribution in [3.05, 3.63) is 260 Å². The normalized spacial score (nSPS) is 10.3. The maximum Gasteiger partial charge on any atom is 0.439 e. The molecule has 428 valence electrons. The molecule has 9 aromatic heterocycles. The molecule has 0 aliphatic rings. The van der Waals surface area contributed by atoms with E-state index in [1.807, 2.05) is 119 Å². The van der Waals surface area contributed by atoms with Gasteiger partial charge in [0.25, 0.3) is 0 Å². The summed E-state index contributed by atoms with van der Waals surface area (Å²) < 4.78 is 4.55. The summed E-state index contributed by atoms with van der Waals surface area (Å²) >= 11 is 11.9. The Morgan fingerprint density at radius 2 is 0.897 bits per heavy atom. The van der Waals surface area contributed by atoms with E-state index in [2.05, 4.69) is 80.5 Å². The van der Waals surface area contributed by atoms with Gasteiger partial charge in [-0.2, -0.15) is 10.5 Å². The minimum Gasteiger partial charge on any atom is -0.399 e. The Kier molecular flexibility index (Phi) is 21.9. The van der Waals surface area contributed by atoms with Gasteiger partial charge in [-0.25, -0.2) is 44.7 Å². The Bertz CT molecular complexity index is 4390. The summed E-state index contributed by atoms with van der Waals surface area (Å²) in [6, 6.07) is 36.0. The third-order valence-corrected chi connectivity index (χ3v) is 15.5. The van der Waals surface area contributed by atoms with Gasteiger partial charge < -0.3 is 16.2 Å². The number of aliphatic hydroxyl groups is 1. The first-order chi connectivity index (χ1) is 42.6. The van der Waals surface area contributed by atoms with Crippen molar-refractivity contribution in [2.45, 2.75) is 19.3 Å². The van der Waals surface area contributed by atoms with Crippen LogP contribution in [0.4, 0.5) is 5.69 Å². The van der Waals surface area contributed by atoms with E-state index in [4.69, 9.17) is 38.4 Å². The molecule has 87 heavy (non-hydrogen) atoms. The maximum atomic E-state index is 11.1. The van der Waals surface area contributed by atoms with E-state index in [9.17, 15) is 4.79 Å². The van der Waals surface area contributed by atoms with Crippen LogP contribution in [0.5, 0.6) is 0 Å². The van der Waals surface area contributed by atoms with Gasteiger partial charge in [-0.15, -0.1) is 45.3 Å². The van der Waals surface area contributed by atoms with Gasteiger partial charge in [0.1, 0.15) is 43.6 Å². The molecule has 13 rings (SSSR count). The van der Waals surface area contributed by atoms with Crippen molar-refractivity contribution in [1.29, 1.82) is 15.9 Å². The van der Waals surface area contributed by atoms with Gasteiger partial charge in [-0.1, -0.05) is 89.6 Å². The van der Waals surface area contributed by atoms with Crippen LogP contribution in [0, 0.1) is 28.1 Å². The Morgan fingerprint density at radius 3 is 1.31 bits per heavy atom. The highest BCUT2D eigenvalue weighted by Crippen LogP contribution is 2.27. The second kappa shape index (κ2) is 31.3. The maximum absolute atomic E-state index is 11.1. The molecule has 9 heterocycles. The predicted octanol–water partition coefficient (Wildman–Crippen LogP) is 11.5. The minimum absolute atomic E-state index is 0.0857. The summed E-state index contributed by atoms with van der Waals surface area (Å²) in [5.74, 6) is -0.336. The fourth-order valence-electron chi connectivity index (χ4n) is 7.80. The second-order valence-corrected chi connectivity index (χ2v) is 21.6. The number of nitrogens with two attached hydrogens (primary N) is 1. The third kappa shape index (κ3) is 17.5. The zero-order chi connectivity index (χ0) is 60.6. The molecule has 0 aliphatic heterocycles. The number of aliphatic hydroxyl groups excluding tert-OH is 1. The molecule has 0 saturated carbocycles. The van der Waals surface area contributed by atoms with Gasteiger partial charge >= 0.3 is 5.76 Å². The average Bonchev–Trinajstić information content (AvgIpc) is 4.65. The average molecular weight is 1240 g/mol. The number of anilines is 1. The summed E-state index contributed by atoms with van der Waals surface area (Å²) in [5.41, 5.74) is 17.7. The van der Waals surface area contributed by atoms with E-state index in [0.717, 1.165) is 64.7 Å². The van der Waals surface area contributed by atoms with Crippen LogP contribution in [0.25, 0.3) is 53.8 Å². The number of thiazole rings is 4. The van der Waals surface area contributed by atoms with Crippen molar-refractivity contribution in [2.24, 2.45) is 0 Å². The molecule has 0 atom stereocenters. The number of hydrogen-bond acceptors (Lipinski definition) is 24. The Balaban J connectivity index is 0.000000134. The van der Waals surface area contributed by atoms with Gasteiger partial charge in [0, 0.05) is 143 Å². The number of halogens is 1. The summed E-state index contributed by atoms with van der Waals surface area (Å²) in [6.07, 6.45) is 21.2. The van der Waals surface area contributed by atoms with Gasteiger partial charge in [0.2, 0.25) is 5.82 Å². The van der Waals surface area contributed by atoms with Crippen LogP contribution in [0.3, 0.4) is 0 Å². The first kappa shape index (κ1) is 60.9. The summed E-state index contributed by atoms with van der Waals surface area (Å²) in [5, 5.41) is 49.9. The molecule has 0 aliphatic carbocycles. The molecular weight excluding hydrogens is 1200 g/mol. The number of rotatable bonds is 13. The highest BCUT2D eigenvalue weighted by atomic mass is 35.5. The van der Waals surface area contributed by atoms with Crippen molar-refractivity contribution < 1.29 is 9.63 Å². The Labute approximate surface area is 517 Å². The lowest BCUT2D eigenvalue weighted by molar-refractivity contribution is 0.356. The summed E-state index contributed by atoms with van der Waals surface area (Å²) in [7, 11) is 0. The fraction of sp³-hybridized carbons (Fsp3) is 0.0656. The standard InChI is InChI=1S/C16H11N5O2S.C16H14N4OS.C15H10N4S.C9H8N2S.C5H2ClN3/c22-16-20-14(21-23-16)13-12(17-5-6-18-13)9-10-1-3-11(4-2-10)15-19-7-8-24-15;17-13(10-21)15-14(18-5-6-19-15)9-11-1-3-12(4-2-11)16-20-7-8-22-16;16-10-14-13(17-5-6-18-14)9-11-1-3-12(4-2-11)15-19-7-8-20-15;10-8-3-1-7(2-4-8)9-11-5-6-12-9;6-5-4(3-7)8-1-2-9-5/h1-8H,9H2,(H,20,21,22);1-8,17,21H,9-10H2;1-8H,9H2;1-6H,10H2;1-2H. The largest absolute Gasteiger partial charge is 0.439 e. The van der Waals surface area contributed by atoms with Crippen LogP contribution in [-0.2, 0) is 19.3 Å². The van der Waals surface area contributed by atoms with E-state index >= 15 is 0 Å². The van der Waals surface area contributed by atoms with Crippen LogP contribution >= 0.6 is 56.9 Å². The topological polar surface area (TPSA) is 331 Å². The Hall–Kier alpha value is -10.6. The molecule has 13 aromatic rings. The number of nitriles is 2. The quantitative estimate of drug-likeness (QED) is 0.0615. The lowest BCUT2D eigenvalue weighted by Crippen LogP contribution is -2.12. The van der Waals surface area contributed by atoms with Crippen LogP contribution in [0.1, 0.15) is 50.9 Å². The van der Waals surface area contributed by atoms with E-state index in [-0.39, 0.29) is 29.0 Å². The van der Waals surface area contributed by atoms with Gasteiger partial charge in [-0.3, -0.25) is 29.4 Å². The number of nitrogen functional groups attached to an aromatic ring is 1. The van der Waals surface area contributed by atoms with Crippen molar-refractivity contribution >= 4 is 68.3 Å². The summed E-state index contributed by atoms with van der Waals surface area (Å²) in [4.78, 5) is 63.3. The molecule has 0 fully saturated rings. The van der Waals surface area contributed by atoms with Gasteiger partial charge in [0.15, 0.2) is 16.5 Å². The molecule has 26 heteroatoms. The predicted molar refractivity (Wildman–Crippen MR) is 336 cm³/mol. The molecule has 0 bridgehead atoms. The van der Waals surface area contributed by atoms with E-state index in [1.165, 1.54) is 24.8 Å². The monoisotopic (exact) mass is 1240 g/mol. The van der Waals surface area contributed by atoms with Crippen molar-refractivity contribution in [3.8, 4) is 65.9 Å². The summed E-state index contributed by atoms with van der Waals surface area (Å²) in [6.45, 7) is -0.339. The minimum atomic E-state index is -0.616. The van der Waals surface area contributed by atoms with Crippen LogP contribution in [0.2, 0.25) is 5.15 Å². The lowest BCUT2D eigenvalue weighted by Gasteiger charge is -2.07. The number of nitrogens with zero attached hydrogens (tertiary/aromatic N) is 15. The lowest BCUT2D eigenvalue weighted by atomic mass is 10.0. The van der Waals surface area contributed by atoms with Crippen LogP contribution in [-0.4, -0.2) is 87.4 Å². The Morgan fingerprint density at radius 1 is 0.506 bits per heavy atom. The van der Waals surface area contributed by atoms with E-state index < -0.39 is 5.76 Å². The molecule has 0 spiro atoms. The van der Waals surface area contributed by atoms with E-state index in [0.29, 0.717) is 53.4 Å². The molecule has 0 saturated heterocycles.